The summed E-state index contributed by atoms with van der Waals surface area (Å²) in [6, 6.07) is 4.66. The van der Waals surface area contributed by atoms with Crippen LogP contribution in [0.2, 0.25) is 0 Å². The molecular formula is C13H6F6IN. The maximum absolute atomic E-state index is 12.8. The van der Waals surface area contributed by atoms with Gasteiger partial charge in [-0.2, -0.15) is 26.3 Å². The average molecular weight is 417 g/mol. The van der Waals surface area contributed by atoms with E-state index in [2.05, 4.69) is 4.98 Å². The fourth-order valence-electron chi connectivity index (χ4n) is 1.68. The minimum absolute atomic E-state index is 0.000788. The summed E-state index contributed by atoms with van der Waals surface area (Å²) in [5.41, 5.74) is -1.54. The Bertz CT molecular complexity index is 645. The Labute approximate surface area is 129 Å². The van der Waals surface area contributed by atoms with Crippen LogP contribution in [0, 0.1) is 3.57 Å². The molecule has 0 radical (unpaired) electrons. The number of halogens is 7. The van der Waals surface area contributed by atoms with Crippen molar-refractivity contribution in [2.75, 3.05) is 0 Å². The summed E-state index contributed by atoms with van der Waals surface area (Å²) in [6.45, 7) is 0. The minimum Gasteiger partial charge on any atom is -0.255 e. The van der Waals surface area contributed by atoms with E-state index < -0.39 is 23.5 Å². The zero-order valence-electron chi connectivity index (χ0n) is 10.1. The highest BCUT2D eigenvalue weighted by Crippen LogP contribution is 2.37. The summed E-state index contributed by atoms with van der Waals surface area (Å²) in [6.07, 6.45) is -8.05. The van der Waals surface area contributed by atoms with Gasteiger partial charge in [0.2, 0.25) is 0 Å². The third kappa shape index (κ3) is 3.47. The van der Waals surface area contributed by atoms with Crippen molar-refractivity contribution in [3.05, 3.63) is 51.2 Å². The van der Waals surface area contributed by atoms with E-state index in [9.17, 15) is 26.3 Å². The quantitative estimate of drug-likeness (QED) is 0.448. The predicted molar refractivity (Wildman–Crippen MR) is 72.4 cm³/mol. The molecule has 0 fully saturated rings. The van der Waals surface area contributed by atoms with Crippen LogP contribution < -0.4 is 0 Å². The molecule has 0 amide bonds. The number of alkyl halides is 6. The number of nitrogens with zero attached hydrogens (tertiary/aromatic N) is 1. The van der Waals surface area contributed by atoms with Gasteiger partial charge in [-0.1, -0.05) is 12.1 Å². The fourth-order valence-corrected chi connectivity index (χ4v) is 2.62. The van der Waals surface area contributed by atoms with Crippen LogP contribution in [0.1, 0.15) is 11.1 Å². The average Bonchev–Trinajstić information content (AvgIpc) is 2.37. The molecule has 0 saturated carbocycles. The second kappa shape index (κ2) is 5.47. The summed E-state index contributed by atoms with van der Waals surface area (Å²) >= 11 is 1.49. The Balaban J connectivity index is 2.48. The molecule has 0 atom stereocenters. The Morgan fingerprint density at radius 2 is 1.38 bits per heavy atom. The smallest absolute Gasteiger partial charge is 0.255 e. The minimum atomic E-state index is -4.54. The van der Waals surface area contributed by atoms with Crippen LogP contribution in [0.25, 0.3) is 11.3 Å². The van der Waals surface area contributed by atoms with Crippen molar-refractivity contribution >= 4 is 22.6 Å². The lowest BCUT2D eigenvalue weighted by atomic mass is 10.1. The van der Waals surface area contributed by atoms with Crippen LogP contribution in [0.15, 0.2) is 36.5 Å². The van der Waals surface area contributed by atoms with Gasteiger partial charge in [0.1, 0.15) is 0 Å². The normalized spacial score (nSPS) is 12.5. The van der Waals surface area contributed by atoms with Crippen molar-refractivity contribution in [2.45, 2.75) is 12.4 Å². The van der Waals surface area contributed by atoms with E-state index in [4.69, 9.17) is 0 Å². The molecule has 0 N–H and O–H groups in total. The van der Waals surface area contributed by atoms with Crippen molar-refractivity contribution in [1.29, 1.82) is 0 Å². The summed E-state index contributed by atoms with van der Waals surface area (Å²) < 4.78 is 75.6. The Kier molecular flexibility index (Phi) is 4.18. The first-order valence-corrected chi connectivity index (χ1v) is 6.58. The molecule has 8 heteroatoms. The highest BCUT2D eigenvalue weighted by molar-refractivity contribution is 14.1. The van der Waals surface area contributed by atoms with Crippen LogP contribution in [0.5, 0.6) is 0 Å². The van der Waals surface area contributed by atoms with Crippen LogP contribution in [-0.2, 0) is 12.4 Å². The second-order valence-corrected chi connectivity index (χ2v) is 5.17. The molecule has 2 aromatic rings. The molecule has 0 bridgehead atoms. The van der Waals surface area contributed by atoms with Crippen LogP contribution in [0.3, 0.4) is 0 Å². The first kappa shape index (κ1) is 16.1. The summed E-state index contributed by atoms with van der Waals surface area (Å²) in [5, 5.41) is 0. The van der Waals surface area contributed by atoms with Crippen molar-refractivity contribution in [3.63, 3.8) is 0 Å². The van der Waals surface area contributed by atoms with Gasteiger partial charge in [0.25, 0.3) is 0 Å². The molecule has 1 aromatic carbocycles. The molecule has 0 aliphatic carbocycles. The maximum atomic E-state index is 12.8. The number of benzene rings is 1. The lowest BCUT2D eigenvalue weighted by Crippen LogP contribution is -2.09. The van der Waals surface area contributed by atoms with Gasteiger partial charge in [0, 0.05) is 11.8 Å². The summed E-state index contributed by atoms with van der Waals surface area (Å²) in [7, 11) is 0. The van der Waals surface area contributed by atoms with E-state index in [1.807, 2.05) is 0 Å². The van der Waals surface area contributed by atoms with Crippen molar-refractivity contribution < 1.29 is 26.3 Å². The molecule has 112 valence electrons. The molecule has 0 spiro atoms. The van der Waals surface area contributed by atoms with Crippen molar-refractivity contribution in [1.82, 2.24) is 4.98 Å². The summed E-state index contributed by atoms with van der Waals surface area (Å²) in [4.78, 5) is 3.83. The van der Waals surface area contributed by atoms with Crippen LogP contribution in [-0.4, -0.2) is 4.98 Å². The molecule has 0 aliphatic rings. The SMILES string of the molecule is FC(F)(F)c1ccc(-c2nccc(C(F)(F)F)c2I)cc1. The zero-order valence-corrected chi connectivity index (χ0v) is 12.2. The number of hydrogen-bond acceptors (Lipinski definition) is 1. The summed E-state index contributed by atoms with van der Waals surface area (Å²) in [5.74, 6) is 0. The largest absolute Gasteiger partial charge is 0.417 e. The van der Waals surface area contributed by atoms with Gasteiger partial charge in [-0.25, -0.2) is 0 Å². The Hall–Kier alpha value is -1.32. The standard InChI is InChI=1S/C13H6F6IN/c14-12(15,16)8-3-1-7(2-4-8)11-10(20)9(5-6-21-11)13(17,18)19/h1-6H. The first-order chi connectivity index (χ1) is 9.60. The molecule has 1 aromatic heterocycles. The third-order valence-corrected chi connectivity index (χ3v) is 3.77. The lowest BCUT2D eigenvalue weighted by Gasteiger charge is -2.12. The predicted octanol–water partition coefficient (Wildman–Crippen LogP) is 5.39. The molecule has 2 rings (SSSR count). The Morgan fingerprint density at radius 3 is 1.86 bits per heavy atom. The van der Waals surface area contributed by atoms with Gasteiger partial charge in [0.05, 0.1) is 20.4 Å². The lowest BCUT2D eigenvalue weighted by molar-refractivity contribution is -0.138. The topological polar surface area (TPSA) is 12.9 Å². The molecule has 1 nitrogen and oxygen atoms in total. The van der Waals surface area contributed by atoms with Gasteiger partial charge in [-0.05, 0) is 40.8 Å². The third-order valence-electron chi connectivity index (χ3n) is 2.68. The number of pyridine rings is 1. The zero-order chi connectivity index (χ0) is 15.8. The van der Waals surface area contributed by atoms with E-state index in [0.717, 1.165) is 36.5 Å². The Morgan fingerprint density at radius 1 is 0.810 bits per heavy atom. The van der Waals surface area contributed by atoms with Gasteiger partial charge >= 0.3 is 12.4 Å². The van der Waals surface area contributed by atoms with E-state index in [0.29, 0.717) is 0 Å². The molecule has 0 unspecified atom stereocenters. The fraction of sp³-hybridized carbons (Fsp3) is 0.154. The van der Waals surface area contributed by atoms with Gasteiger partial charge in [-0.15, -0.1) is 0 Å². The highest BCUT2D eigenvalue weighted by Gasteiger charge is 2.34. The van der Waals surface area contributed by atoms with Crippen LogP contribution in [0.4, 0.5) is 26.3 Å². The van der Waals surface area contributed by atoms with Crippen LogP contribution >= 0.6 is 22.6 Å². The second-order valence-electron chi connectivity index (χ2n) is 4.09. The molecular weight excluding hydrogens is 411 g/mol. The monoisotopic (exact) mass is 417 g/mol. The molecule has 0 aliphatic heterocycles. The van der Waals surface area contributed by atoms with E-state index in [-0.39, 0.29) is 14.8 Å². The van der Waals surface area contributed by atoms with Gasteiger partial charge in [0.15, 0.2) is 0 Å². The van der Waals surface area contributed by atoms with Crippen molar-refractivity contribution in [2.24, 2.45) is 0 Å². The first-order valence-electron chi connectivity index (χ1n) is 5.50. The number of hydrogen-bond donors (Lipinski definition) is 0. The van der Waals surface area contributed by atoms with Gasteiger partial charge < -0.3 is 0 Å². The van der Waals surface area contributed by atoms with E-state index >= 15 is 0 Å². The number of aromatic nitrogens is 1. The number of rotatable bonds is 1. The van der Waals surface area contributed by atoms with Crippen molar-refractivity contribution in [3.8, 4) is 11.3 Å². The molecule has 0 saturated heterocycles. The van der Waals surface area contributed by atoms with Gasteiger partial charge in [-0.3, -0.25) is 4.98 Å². The van der Waals surface area contributed by atoms with E-state index in [1.54, 1.807) is 0 Å². The molecule has 21 heavy (non-hydrogen) atoms. The van der Waals surface area contributed by atoms with E-state index in [1.165, 1.54) is 22.6 Å². The molecule has 1 heterocycles. The maximum Gasteiger partial charge on any atom is 0.417 e. The highest BCUT2D eigenvalue weighted by atomic mass is 127.